The molecule has 0 saturated heterocycles. The van der Waals surface area contributed by atoms with E-state index >= 15 is 0 Å². The number of nitrogens with one attached hydrogen (secondary N) is 1. The molecule has 0 bridgehead atoms. The van der Waals surface area contributed by atoms with Crippen LogP contribution in [0, 0.1) is 26.1 Å². The number of rotatable bonds is 4. The summed E-state index contributed by atoms with van der Waals surface area (Å²) < 4.78 is 5.08. The molecular weight excluding hydrogens is 350 g/mol. The highest BCUT2D eigenvalue weighted by Gasteiger charge is 2.40. The summed E-state index contributed by atoms with van der Waals surface area (Å²) in [5.41, 5.74) is 1.98. The number of para-hydroxylation sites is 1. The zero-order valence-electron chi connectivity index (χ0n) is 14.5. The first kappa shape index (κ1) is 17.0. The number of nitro benzene ring substituents is 2. The first-order chi connectivity index (χ1) is 13.0. The number of methoxy groups -OCH3 is 1. The Labute approximate surface area is 154 Å². The van der Waals surface area contributed by atoms with Gasteiger partial charge >= 0.3 is 5.69 Å². The molecule has 138 valence electrons. The van der Waals surface area contributed by atoms with E-state index in [1.54, 1.807) is 18.2 Å². The Morgan fingerprint density at radius 3 is 2.59 bits per heavy atom. The highest BCUT2D eigenvalue weighted by Crippen LogP contribution is 2.52. The summed E-state index contributed by atoms with van der Waals surface area (Å²) in [6.45, 7) is 0. The van der Waals surface area contributed by atoms with Gasteiger partial charge in [0.05, 0.1) is 23.0 Å². The Hall–Kier alpha value is -3.42. The minimum absolute atomic E-state index is 0.0132. The number of hydrogen-bond acceptors (Lipinski definition) is 6. The van der Waals surface area contributed by atoms with Gasteiger partial charge in [0.15, 0.2) is 5.75 Å². The maximum atomic E-state index is 11.5. The summed E-state index contributed by atoms with van der Waals surface area (Å²) in [7, 11) is 1.39. The molecule has 1 aliphatic heterocycles. The van der Waals surface area contributed by atoms with Crippen molar-refractivity contribution in [3.05, 3.63) is 79.9 Å². The van der Waals surface area contributed by atoms with Crippen molar-refractivity contribution in [1.82, 2.24) is 0 Å². The molecule has 0 fully saturated rings. The molecule has 0 saturated carbocycles. The molecule has 27 heavy (non-hydrogen) atoms. The zero-order chi connectivity index (χ0) is 19.1. The first-order valence-electron chi connectivity index (χ1n) is 8.54. The molecule has 1 heterocycles. The zero-order valence-corrected chi connectivity index (χ0v) is 14.5. The summed E-state index contributed by atoms with van der Waals surface area (Å²) in [5.74, 6) is 0.354. The van der Waals surface area contributed by atoms with Crippen LogP contribution >= 0.6 is 0 Å². The van der Waals surface area contributed by atoms with Crippen molar-refractivity contribution in [2.24, 2.45) is 5.92 Å². The lowest BCUT2D eigenvalue weighted by atomic mass is 9.76. The quantitative estimate of drug-likeness (QED) is 0.489. The van der Waals surface area contributed by atoms with E-state index in [-0.39, 0.29) is 35.0 Å². The maximum absolute atomic E-state index is 11.5. The van der Waals surface area contributed by atoms with Crippen molar-refractivity contribution < 1.29 is 14.6 Å². The van der Waals surface area contributed by atoms with E-state index in [0.29, 0.717) is 11.3 Å². The molecule has 0 unspecified atom stereocenters. The van der Waals surface area contributed by atoms with Crippen LogP contribution in [0.15, 0.2) is 48.6 Å². The molecular formula is C19H17N3O5. The number of nitro groups is 2. The lowest BCUT2D eigenvalue weighted by molar-refractivity contribution is -0.385. The van der Waals surface area contributed by atoms with Crippen molar-refractivity contribution in [2.75, 3.05) is 12.4 Å². The molecule has 0 radical (unpaired) electrons. The molecule has 0 amide bonds. The van der Waals surface area contributed by atoms with Gasteiger partial charge in [0.25, 0.3) is 5.69 Å². The largest absolute Gasteiger partial charge is 0.490 e. The standard InChI is InChI=1S/C19H17N3O5/c1-27-17-9-8-11(10-16(17)22(25)26)18-13-5-2-4-12(13)14-6-3-7-15(21(23)24)19(14)20-18/h2-4,6-10,12-13,18,20H,5H2,1H3/t12-,13+,18-/m1/s1. The van der Waals surface area contributed by atoms with Crippen LogP contribution in [0.2, 0.25) is 0 Å². The smallest absolute Gasteiger partial charge is 0.311 e. The molecule has 3 atom stereocenters. The molecule has 8 heteroatoms. The Balaban J connectivity index is 1.83. The van der Waals surface area contributed by atoms with Crippen LogP contribution < -0.4 is 10.1 Å². The topological polar surface area (TPSA) is 108 Å². The fourth-order valence-electron chi connectivity index (χ4n) is 4.13. The van der Waals surface area contributed by atoms with Crippen LogP contribution in [0.3, 0.4) is 0 Å². The third-order valence-corrected chi connectivity index (χ3v) is 5.33. The van der Waals surface area contributed by atoms with Crippen molar-refractivity contribution in [3.8, 4) is 5.75 Å². The van der Waals surface area contributed by atoms with Crippen LogP contribution in [0.4, 0.5) is 17.1 Å². The lowest BCUT2D eigenvalue weighted by Gasteiger charge is -2.37. The summed E-state index contributed by atoms with van der Waals surface area (Å²) in [4.78, 5) is 22.0. The predicted octanol–water partition coefficient (Wildman–Crippen LogP) is 4.34. The highest BCUT2D eigenvalue weighted by atomic mass is 16.6. The van der Waals surface area contributed by atoms with E-state index in [1.807, 2.05) is 6.07 Å². The van der Waals surface area contributed by atoms with E-state index in [1.165, 1.54) is 19.2 Å². The Kier molecular flexibility index (Phi) is 4.02. The van der Waals surface area contributed by atoms with Crippen molar-refractivity contribution in [2.45, 2.75) is 18.4 Å². The molecule has 1 N–H and O–H groups in total. The van der Waals surface area contributed by atoms with Crippen molar-refractivity contribution >= 4 is 17.1 Å². The van der Waals surface area contributed by atoms with Gasteiger partial charge in [0, 0.05) is 18.1 Å². The van der Waals surface area contributed by atoms with Gasteiger partial charge in [-0.05, 0) is 29.5 Å². The van der Waals surface area contributed by atoms with E-state index in [9.17, 15) is 20.2 Å². The maximum Gasteiger partial charge on any atom is 0.311 e. The van der Waals surface area contributed by atoms with Gasteiger partial charge in [-0.3, -0.25) is 20.2 Å². The van der Waals surface area contributed by atoms with Crippen LogP contribution in [0.25, 0.3) is 0 Å². The molecule has 1 aliphatic carbocycles. The average Bonchev–Trinajstić information content (AvgIpc) is 3.16. The average molecular weight is 367 g/mol. The summed E-state index contributed by atoms with van der Waals surface area (Å²) in [6, 6.07) is 9.63. The normalized spacial score (nSPS) is 22.5. The fraction of sp³-hybridized carbons (Fsp3) is 0.263. The van der Waals surface area contributed by atoms with E-state index in [2.05, 4.69) is 17.5 Å². The van der Waals surface area contributed by atoms with Crippen LogP contribution in [-0.2, 0) is 0 Å². The molecule has 2 aromatic carbocycles. The lowest BCUT2D eigenvalue weighted by Crippen LogP contribution is -2.29. The SMILES string of the molecule is COc1ccc([C@H]2Nc3c(cccc3[N+](=O)[O-])[C@@H]3C=CC[C@H]23)cc1[N+](=O)[O-]. The molecule has 8 nitrogen and oxygen atoms in total. The second kappa shape index (κ2) is 6.39. The number of fused-ring (bicyclic) bond motifs is 3. The molecule has 2 aromatic rings. The summed E-state index contributed by atoms with van der Waals surface area (Å²) >= 11 is 0. The molecule has 4 rings (SSSR count). The van der Waals surface area contributed by atoms with E-state index in [0.717, 1.165) is 12.0 Å². The number of nitrogens with zero attached hydrogens (tertiary/aromatic N) is 2. The van der Waals surface area contributed by atoms with E-state index < -0.39 is 9.85 Å². The number of benzene rings is 2. The number of ether oxygens (including phenoxy) is 1. The molecule has 2 aliphatic rings. The monoisotopic (exact) mass is 367 g/mol. The number of allylic oxidation sites excluding steroid dienone is 2. The van der Waals surface area contributed by atoms with Crippen LogP contribution in [0.5, 0.6) is 5.75 Å². The van der Waals surface area contributed by atoms with Gasteiger partial charge < -0.3 is 10.1 Å². The third-order valence-electron chi connectivity index (χ3n) is 5.33. The second-order valence-electron chi connectivity index (χ2n) is 6.66. The Morgan fingerprint density at radius 1 is 1.11 bits per heavy atom. The van der Waals surface area contributed by atoms with Gasteiger partial charge in [-0.2, -0.15) is 0 Å². The van der Waals surface area contributed by atoms with Crippen molar-refractivity contribution in [3.63, 3.8) is 0 Å². The Morgan fingerprint density at radius 2 is 1.89 bits per heavy atom. The second-order valence-corrected chi connectivity index (χ2v) is 6.66. The highest BCUT2D eigenvalue weighted by molar-refractivity contribution is 5.71. The van der Waals surface area contributed by atoms with Gasteiger partial charge in [-0.15, -0.1) is 0 Å². The number of hydrogen-bond donors (Lipinski definition) is 1. The van der Waals surface area contributed by atoms with Gasteiger partial charge in [0.1, 0.15) is 5.69 Å². The number of anilines is 1. The van der Waals surface area contributed by atoms with Crippen LogP contribution in [-0.4, -0.2) is 17.0 Å². The van der Waals surface area contributed by atoms with Crippen LogP contribution in [0.1, 0.15) is 29.5 Å². The minimum Gasteiger partial charge on any atom is -0.490 e. The minimum atomic E-state index is -0.480. The Bertz CT molecular complexity index is 972. The third kappa shape index (κ3) is 2.69. The summed E-state index contributed by atoms with van der Waals surface area (Å²) in [5, 5.41) is 26.2. The summed E-state index contributed by atoms with van der Waals surface area (Å²) in [6.07, 6.45) is 4.93. The molecule has 0 aromatic heterocycles. The van der Waals surface area contributed by atoms with E-state index in [4.69, 9.17) is 4.74 Å². The van der Waals surface area contributed by atoms with Gasteiger partial charge in [-0.25, -0.2) is 0 Å². The fourth-order valence-corrected chi connectivity index (χ4v) is 4.13. The van der Waals surface area contributed by atoms with Gasteiger partial charge in [0.2, 0.25) is 0 Å². The van der Waals surface area contributed by atoms with Gasteiger partial charge in [-0.1, -0.05) is 30.4 Å². The first-order valence-corrected chi connectivity index (χ1v) is 8.54. The predicted molar refractivity (Wildman–Crippen MR) is 99.1 cm³/mol. The van der Waals surface area contributed by atoms with Crippen molar-refractivity contribution in [1.29, 1.82) is 0 Å². The molecule has 0 spiro atoms.